The Morgan fingerprint density at radius 1 is 1.62 bits per heavy atom. The molecule has 1 aliphatic heterocycles. The van der Waals surface area contributed by atoms with E-state index in [9.17, 15) is 8.42 Å². The van der Waals surface area contributed by atoms with Crippen LogP contribution in [0.1, 0.15) is 6.42 Å². The van der Waals surface area contributed by atoms with Crippen molar-refractivity contribution in [1.29, 1.82) is 0 Å². The molecule has 2 N–H and O–H groups in total. The highest BCUT2D eigenvalue weighted by Crippen LogP contribution is 2.17. The van der Waals surface area contributed by atoms with E-state index in [4.69, 9.17) is 11.6 Å². The van der Waals surface area contributed by atoms with Gasteiger partial charge in [-0.05, 0) is 25.1 Å². The first-order chi connectivity index (χ1) is 7.59. The number of rotatable bonds is 4. The number of hydrogen-bond donors (Lipinski definition) is 2. The van der Waals surface area contributed by atoms with E-state index in [2.05, 4.69) is 15.0 Å². The normalized spacial score (nSPS) is 20.4. The average molecular weight is 262 g/mol. The van der Waals surface area contributed by atoms with Crippen LogP contribution in [0.3, 0.4) is 0 Å². The van der Waals surface area contributed by atoms with E-state index in [0.717, 1.165) is 13.0 Å². The molecule has 0 aliphatic carbocycles. The van der Waals surface area contributed by atoms with Gasteiger partial charge in [-0.1, -0.05) is 11.6 Å². The van der Waals surface area contributed by atoms with Crippen molar-refractivity contribution in [1.82, 2.24) is 15.0 Å². The number of nitrogens with one attached hydrogen (secondary N) is 2. The van der Waals surface area contributed by atoms with Crippen LogP contribution in [0.4, 0.5) is 0 Å². The lowest BCUT2D eigenvalue weighted by Gasteiger charge is -2.27. The Hall–Kier alpha value is -0.690. The third-order valence-electron chi connectivity index (χ3n) is 2.46. The van der Waals surface area contributed by atoms with Crippen molar-refractivity contribution in [3.63, 3.8) is 0 Å². The summed E-state index contributed by atoms with van der Waals surface area (Å²) in [6.45, 7) is 1.33. The molecule has 2 heterocycles. The van der Waals surface area contributed by atoms with Crippen molar-refractivity contribution in [2.75, 3.05) is 13.1 Å². The largest absolute Gasteiger partial charge is 0.313 e. The fourth-order valence-corrected chi connectivity index (χ4v) is 2.91. The Kier molecular flexibility index (Phi) is 3.44. The van der Waals surface area contributed by atoms with Gasteiger partial charge in [-0.15, -0.1) is 0 Å². The summed E-state index contributed by atoms with van der Waals surface area (Å²) in [7, 11) is -3.55. The summed E-state index contributed by atoms with van der Waals surface area (Å²) >= 11 is 5.73. The number of hydrogen-bond acceptors (Lipinski definition) is 4. The van der Waals surface area contributed by atoms with Crippen LogP contribution in [0.25, 0.3) is 0 Å². The highest BCUT2D eigenvalue weighted by Gasteiger charge is 2.22. The van der Waals surface area contributed by atoms with Crippen molar-refractivity contribution in [3.8, 4) is 0 Å². The second kappa shape index (κ2) is 4.67. The van der Waals surface area contributed by atoms with E-state index in [-0.39, 0.29) is 16.1 Å². The van der Waals surface area contributed by atoms with E-state index < -0.39 is 10.0 Å². The fraction of sp³-hybridized carbons (Fsp3) is 0.444. The van der Waals surface area contributed by atoms with Gasteiger partial charge in [0.15, 0.2) is 0 Å². The summed E-state index contributed by atoms with van der Waals surface area (Å²) in [5, 5.41) is 3.11. The van der Waals surface area contributed by atoms with Crippen molar-refractivity contribution >= 4 is 21.6 Å². The molecule has 0 spiro atoms. The molecular formula is C9H12ClN3O2S. The van der Waals surface area contributed by atoms with Crippen molar-refractivity contribution in [3.05, 3.63) is 23.5 Å². The van der Waals surface area contributed by atoms with Crippen LogP contribution in [0.15, 0.2) is 23.2 Å². The lowest BCUT2D eigenvalue weighted by molar-refractivity contribution is 0.369. The second-order valence-electron chi connectivity index (χ2n) is 3.58. The van der Waals surface area contributed by atoms with Crippen LogP contribution >= 0.6 is 11.6 Å². The number of aromatic nitrogens is 1. The zero-order valence-corrected chi connectivity index (χ0v) is 10.1. The Labute approximate surface area is 99.3 Å². The molecule has 16 heavy (non-hydrogen) atoms. The Morgan fingerprint density at radius 2 is 2.38 bits per heavy atom. The number of halogens is 1. The van der Waals surface area contributed by atoms with Gasteiger partial charge in [-0.25, -0.2) is 18.1 Å². The molecule has 0 radical (unpaired) electrons. The Balaban J connectivity index is 2.09. The van der Waals surface area contributed by atoms with E-state index in [0.29, 0.717) is 6.54 Å². The molecule has 2 rings (SSSR count). The van der Waals surface area contributed by atoms with Gasteiger partial charge < -0.3 is 5.32 Å². The minimum Gasteiger partial charge on any atom is -0.313 e. The standard InChI is InChI=1S/C9H12ClN3O2S/c10-9-8(2-1-4-12-9)16(14,15)13-6-7-3-5-11-7/h1-2,4,7,11,13H,3,5-6H2. The average Bonchev–Trinajstić information content (AvgIpc) is 2.15. The predicted octanol–water partition coefficient (Wildman–Crippen LogP) is 0.375. The van der Waals surface area contributed by atoms with Gasteiger partial charge in [0.05, 0.1) is 0 Å². The highest BCUT2D eigenvalue weighted by atomic mass is 35.5. The molecule has 0 aromatic carbocycles. The molecule has 1 fully saturated rings. The lowest BCUT2D eigenvalue weighted by Crippen LogP contribution is -2.50. The van der Waals surface area contributed by atoms with Crippen LogP contribution in [-0.2, 0) is 10.0 Å². The van der Waals surface area contributed by atoms with Crippen molar-refractivity contribution in [2.45, 2.75) is 17.4 Å². The molecule has 1 aliphatic rings. The minimum atomic E-state index is -3.55. The van der Waals surface area contributed by atoms with Gasteiger partial charge in [0.2, 0.25) is 10.0 Å². The van der Waals surface area contributed by atoms with Crippen LogP contribution in [0, 0.1) is 0 Å². The van der Waals surface area contributed by atoms with Gasteiger partial charge >= 0.3 is 0 Å². The van der Waals surface area contributed by atoms with Crippen molar-refractivity contribution < 1.29 is 8.42 Å². The SMILES string of the molecule is O=S(=O)(NCC1CCN1)c1cccnc1Cl. The quantitative estimate of drug-likeness (QED) is 0.769. The molecule has 1 aromatic heterocycles. The van der Waals surface area contributed by atoms with Gasteiger partial charge in [-0.3, -0.25) is 0 Å². The van der Waals surface area contributed by atoms with E-state index in [1.165, 1.54) is 12.3 Å². The molecular weight excluding hydrogens is 250 g/mol. The molecule has 5 nitrogen and oxygen atoms in total. The van der Waals surface area contributed by atoms with Crippen LogP contribution in [0.5, 0.6) is 0 Å². The second-order valence-corrected chi connectivity index (χ2v) is 5.68. The zero-order valence-electron chi connectivity index (χ0n) is 8.48. The monoisotopic (exact) mass is 261 g/mol. The molecule has 7 heteroatoms. The Morgan fingerprint density at radius 3 is 2.94 bits per heavy atom. The van der Waals surface area contributed by atoms with Gasteiger partial charge in [0.1, 0.15) is 10.0 Å². The van der Waals surface area contributed by atoms with E-state index >= 15 is 0 Å². The maximum absolute atomic E-state index is 11.8. The third-order valence-corrected chi connectivity index (χ3v) is 4.33. The summed E-state index contributed by atoms with van der Waals surface area (Å²) < 4.78 is 26.2. The predicted molar refractivity (Wildman–Crippen MR) is 60.8 cm³/mol. The van der Waals surface area contributed by atoms with Crippen LogP contribution in [-0.4, -0.2) is 32.5 Å². The maximum atomic E-state index is 11.8. The number of sulfonamides is 1. The maximum Gasteiger partial charge on any atom is 0.243 e. The summed E-state index contributed by atoms with van der Waals surface area (Å²) in [5.41, 5.74) is 0. The minimum absolute atomic E-state index is 0.00318. The lowest BCUT2D eigenvalue weighted by atomic mass is 10.1. The Bertz CT molecular complexity index is 473. The fourth-order valence-electron chi connectivity index (χ4n) is 1.38. The third kappa shape index (κ3) is 2.52. The molecule has 0 saturated carbocycles. The van der Waals surface area contributed by atoms with Gasteiger partial charge in [0, 0.05) is 18.8 Å². The number of pyridine rings is 1. The molecule has 1 saturated heterocycles. The summed E-state index contributed by atoms with van der Waals surface area (Å²) in [6, 6.07) is 3.21. The summed E-state index contributed by atoms with van der Waals surface area (Å²) in [4.78, 5) is 3.76. The molecule has 0 bridgehead atoms. The molecule has 88 valence electrons. The smallest absolute Gasteiger partial charge is 0.243 e. The zero-order chi connectivity index (χ0) is 11.6. The molecule has 1 atom stereocenters. The van der Waals surface area contributed by atoms with Crippen LogP contribution in [0.2, 0.25) is 5.15 Å². The van der Waals surface area contributed by atoms with Gasteiger partial charge in [0.25, 0.3) is 0 Å². The first-order valence-corrected chi connectivity index (χ1v) is 6.79. The first-order valence-electron chi connectivity index (χ1n) is 4.93. The molecule has 1 aromatic rings. The molecule has 1 unspecified atom stereocenters. The topological polar surface area (TPSA) is 71.1 Å². The molecule has 0 amide bonds. The summed E-state index contributed by atoms with van der Waals surface area (Å²) in [6.07, 6.45) is 2.44. The van der Waals surface area contributed by atoms with E-state index in [1.54, 1.807) is 6.07 Å². The highest BCUT2D eigenvalue weighted by molar-refractivity contribution is 7.89. The first kappa shape index (κ1) is 11.8. The van der Waals surface area contributed by atoms with E-state index in [1.807, 2.05) is 0 Å². The van der Waals surface area contributed by atoms with Gasteiger partial charge in [-0.2, -0.15) is 0 Å². The number of nitrogens with zero attached hydrogens (tertiary/aromatic N) is 1. The summed E-state index contributed by atoms with van der Waals surface area (Å²) in [5.74, 6) is 0. The van der Waals surface area contributed by atoms with Crippen molar-refractivity contribution in [2.24, 2.45) is 0 Å². The van der Waals surface area contributed by atoms with Crippen LogP contribution < -0.4 is 10.0 Å².